The van der Waals surface area contributed by atoms with Gasteiger partial charge in [-0.2, -0.15) is 0 Å². The third-order valence-electron chi connectivity index (χ3n) is 3.82. The van der Waals surface area contributed by atoms with Crippen LogP contribution in [0.25, 0.3) is 0 Å². The summed E-state index contributed by atoms with van der Waals surface area (Å²) in [5.41, 5.74) is 2.92. The van der Waals surface area contributed by atoms with Crippen molar-refractivity contribution < 1.29 is 0 Å². The summed E-state index contributed by atoms with van der Waals surface area (Å²) < 4.78 is 0. The normalized spacial score (nSPS) is 17.9. The number of nitrogens with zero attached hydrogens (tertiary/aromatic N) is 3. The van der Waals surface area contributed by atoms with Crippen LogP contribution in [0.3, 0.4) is 0 Å². The molecule has 1 unspecified atom stereocenters. The van der Waals surface area contributed by atoms with Gasteiger partial charge in [-0.15, -0.1) is 0 Å². The zero-order chi connectivity index (χ0) is 13.2. The van der Waals surface area contributed by atoms with Gasteiger partial charge in [0.2, 0.25) is 0 Å². The topological polar surface area (TPSA) is 29.0 Å². The highest BCUT2D eigenvalue weighted by Crippen LogP contribution is 2.26. The Bertz CT molecular complexity index is 585. The number of hydrogen-bond acceptors (Lipinski definition) is 3. The number of hydrogen-bond donors (Lipinski definition) is 0. The minimum Gasteiger partial charge on any atom is -0.355 e. The molecule has 0 amide bonds. The standard InChI is InChI=1S/C15H16ClN3/c1-19(15-10-17-9-14(16)18-15)13-7-6-11-4-2-3-5-12(11)8-13/h2-5,9-10,13H,6-8H2,1H3. The summed E-state index contributed by atoms with van der Waals surface area (Å²) in [7, 11) is 2.07. The molecule has 0 bridgehead atoms. The number of aryl methyl sites for hydroxylation is 1. The van der Waals surface area contributed by atoms with E-state index in [2.05, 4.69) is 46.2 Å². The molecule has 1 aromatic heterocycles. The Labute approximate surface area is 118 Å². The van der Waals surface area contributed by atoms with Crippen LogP contribution < -0.4 is 4.90 Å². The molecule has 1 aliphatic rings. The highest BCUT2D eigenvalue weighted by atomic mass is 35.5. The lowest BCUT2D eigenvalue weighted by Gasteiger charge is -2.33. The van der Waals surface area contributed by atoms with Crippen LogP contribution >= 0.6 is 11.6 Å². The van der Waals surface area contributed by atoms with Gasteiger partial charge in [-0.1, -0.05) is 35.9 Å². The molecular weight excluding hydrogens is 258 g/mol. The van der Waals surface area contributed by atoms with E-state index in [0.717, 1.165) is 25.1 Å². The maximum atomic E-state index is 5.91. The van der Waals surface area contributed by atoms with Crippen molar-refractivity contribution in [3.05, 3.63) is 52.9 Å². The first-order chi connectivity index (χ1) is 9.24. The van der Waals surface area contributed by atoms with Crippen molar-refractivity contribution in [2.45, 2.75) is 25.3 Å². The molecule has 1 aliphatic carbocycles. The predicted molar refractivity (Wildman–Crippen MR) is 77.7 cm³/mol. The lowest BCUT2D eigenvalue weighted by molar-refractivity contribution is 0.544. The second-order valence-electron chi connectivity index (χ2n) is 4.98. The molecule has 1 heterocycles. The van der Waals surface area contributed by atoms with Crippen molar-refractivity contribution in [1.29, 1.82) is 0 Å². The van der Waals surface area contributed by atoms with Gasteiger partial charge in [0.05, 0.1) is 12.4 Å². The molecule has 19 heavy (non-hydrogen) atoms. The molecule has 3 nitrogen and oxygen atoms in total. The Morgan fingerprint density at radius 1 is 1.21 bits per heavy atom. The zero-order valence-electron chi connectivity index (χ0n) is 10.9. The van der Waals surface area contributed by atoms with E-state index in [1.54, 1.807) is 12.4 Å². The van der Waals surface area contributed by atoms with E-state index < -0.39 is 0 Å². The van der Waals surface area contributed by atoms with Gasteiger partial charge in [0.15, 0.2) is 0 Å². The van der Waals surface area contributed by atoms with Gasteiger partial charge in [-0.05, 0) is 30.4 Å². The summed E-state index contributed by atoms with van der Waals surface area (Å²) in [6, 6.07) is 9.14. The molecular formula is C15H16ClN3. The van der Waals surface area contributed by atoms with Crippen molar-refractivity contribution in [2.75, 3.05) is 11.9 Å². The second kappa shape index (κ2) is 5.17. The quantitative estimate of drug-likeness (QED) is 0.842. The van der Waals surface area contributed by atoms with Gasteiger partial charge in [0.1, 0.15) is 11.0 Å². The number of aromatic nitrogens is 2. The largest absolute Gasteiger partial charge is 0.355 e. The average Bonchev–Trinajstić information content (AvgIpc) is 2.46. The molecule has 0 radical (unpaired) electrons. The summed E-state index contributed by atoms with van der Waals surface area (Å²) in [5.74, 6) is 0.844. The van der Waals surface area contributed by atoms with Crippen LogP contribution in [0, 0.1) is 0 Å². The first kappa shape index (κ1) is 12.4. The molecule has 0 aliphatic heterocycles. The van der Waals surface area contributed by atoms with Crippen LogP contribution in [0.5, 0.6) is 0 Å². The Hall–Kier alpha value is -1.61. The summed E-state index contributed by atoms with van der Waals surface area (Å²) in [5, 5.41) is 0.445. The maximum Gasteiger partial charge on any atom is 0.149 e. The first-order valence-electron chi connectivity index (χ1n) is 6.51. The van der Waals surface area contributed by atoms with Crippen molar-refractivity contribution >= 4 is 17.4 Å². The molecule has 0 fully saturated rings. The van der Waals surface area contributed by atoms with Gasteiger partial charge >= 0.3 is 0 Å². The number of likely N-dealkylation sites (N-methyl/N-ethyl adjacent to an activating group) is 1. The second-order valence-corrected chi connectivity index (χ2v) is 5.36. The molecule has 3 rings (SSSR count). The number of fused-ring (bicyclic) bond motifs is 1. The van der Waals surface area contributed by atoms with E-state index in [0.29, 0.717) is 11.2 Å². The highest BCUT2D eigenvalue weighted by molar-refractivity contribution is 6.29. The van der Waals surface area contributed by atoms with E-state index in [4.69, 9.17) is 11.6 Å². The Morgan fingerprint density at radius 2 is 2.00 bits per heavy atom. The van der Waals surface area contributed by atoms with Crippen LogP contribution in [0.15, 0.2) is 36.7 Å². The average molecular weight is 274 g/mol. The first-order valence-corrected chi connectivity index (χ1v) is 6.89. The van der Waals surface area contributed by atoms with E-state index in [9.17, 15) is 0 Å². The molecule has 2 aromatic rings. The molecule has 0 spiro atoms. The molecule has 0 N–H and O–H groups in total. The van der Waals surface area contributed by atoms with Gasteiger partial charge < -0.3 is 4.90 Å². The maximum absolute atomic E-state index is 5.91. The minimum atomic E-state index is 0.445. The fraction of sp³-hybridized carbons (Fsp3) is 0.333. The lowest BCUT2D eigenvalue weighted by Crippen LogP contribution is -2.37. The van der Waals surface area contributed by atoms with Crippen LogP contribution in [0.1, 0.15) is 17.5 Å². The van der Waals surface area contributed by atoms with Crippen LogP contribution in [-0.2, 0) is 12.8 Å². The summed E-state index contributed by atoms with van der Waals surface area (Å²) in [4.78, 5) is 10.6. The van der Waals surface area contributed by atoms with Crippen molar-refractivity contribution in [1.82, 2.24) is 9.97 Å². The van der Waals surface area contributed by atoms with Crippen LogP contribution in [0.4, 0.5) is 5.82 Å². The van der Waals surface area contributed by atoms with Gasteiger partial charge in [0.25, 0.3) is 0 Å². The van der Waals surface area contributed by atoms with Crippen LogP contribution in [-0.4, -0.2) is 23.1 Å². The zero-order valence-corrected chi connectivity index (χ0v) is 11.6. The van der Waals surface area contributed by atoms with E-state index in [-0.39, 0.29) is 0 Å². The van der Waals surface area contributed by atoms with Crippen LogP contribution in [0.2, 0.25) is 5.15 Å². The van der Waals surface area contributed by atoms with Gasteiger partial charge in [0, 0.05) is 13.1 Å². The SMILES string of the molecule is CN(c1cncc(Cl)n1)C1CCc2ccccc2C1. The summed E-state index contributed by atoms with van der Waals surface area (Å²) in [6.07, 6.45) is 6.66. The lowest BCUT2D eigenvalue weighted by atomic mass is 9.88. The summed E-state index contributed by atoms with van der Waals surface area (Å²) >= 11 is 5.91. The monoisotopic (exact) mass is 273 g/mol. The van der Waals surface area contributed by atoms with E-state index in [1.807, 2.05) is 0 Å². The third kappa shape index (κ3) is 2.56. The molecule has 1 atom stereocenters. The Kier molecular flexibility index (Phi) is 3.38. The molecule has 98 valence electrons. The van der Waals surface area contributed by atoms with E-state index in [1.165, 1.54) is 11.1 Å². The minimum absolute atomic E-state index is 0.445. The van der Waals surface area contributed by atoms with Crippen molar-refractivity contribution in [3.63, 3.8) is 0 Å². The molecule has 0 saturated heterocycles. The Morgan fingerprint density at radius 3 is 2.79 bits per heavy atom. The predicted octanol–water partition coefficient (Wildman–Crippen LogP) is 3.12. The molecule has 4 heteroatoms. The Balaban J connectivity index is 1.81. The smallest absolute Gasteiger partial charge is 0.149 e. The third-order valence-corrected chi connectivity index (χ3v) is 4.00. The van der Waals surface area contributed by atoms with Crippen molar-refractivity contribution in [3.8, 4) is 0 Å². The van der Waals surface area contributed by atoms with Gasteiger partial charge in [-0.25, -0.2) is 4.98 Å². The van der Waals surface area contributed by atoms with Gasteiger partial charge in [-0.3, -0.25) is 4.98 Å². The fourth-order valence-electron chi connectivity index (χ4n) is 2.70. The molecule has 0 saturated carbocycles. The number of halogens is 1. The van der Waals surface area contributed by atoms with E-state index >= 15 is 0 Å². The number of rotatable bonds is 2. The molecule has 1 aromatic carbocycles. The summed E-state index contributed by atoms with van der Waals surface area (Å²) in [6.45, 7) is 0. The number of benzene rings is 1. The number of anilines is 1. The van der Waals surface area contributed by atoms with Crippen molar-refractivity contribution in [2.24, 2.45) is 0 Å². The fourth-order valence-corrected chi connectivity index (χ4v) is 2.84. The highest BCUT2D eigenvalue weighted by Gasteiger charge is 2.22.